The summed E-state index contributed by atoms with van der Waals surface area (Å²) < 4.78 is 3.08. The predicted molar refractivity (Wildman–Crippen MR) is 110 cm³/mol. The molecule has 138 valence electrons. The highest BCUT2D eigenvalue weighted by Crippen LogP contribution is 2.38. The van der Waals surface area contributed by atoms with E-state index in [0.717, 1.165) is 35.5 Å². The van der Waals surface area contributed by atoms with Gasteiger partial charge in [0.2, 0.25) is 0 Å². The molecule has 0 N–H and O–H groups in total. The number of hydrogen-bond donors (Lipinski definition) is 0. The van der Waals surface area contributed by atoms with Crippen molar-refractivity contribution in [1.29, 1.82) is 0 Å². The number of allylic oxidation sites excluding steroid dienone is 2. The number of hydrogen-bond acceptors (Lipinski definition) is 3. The molecule has 3 aromatic rings. The highest BCUT2D eigenvalue weighted by Gasteiger charge is 2.33. The van der Waals surface area contributed by atoms with Gasteiger partial charge < -0.3 is 4.90 Å². The molecule has 1 amide bonds. The van der Waals surface area contributed by atoms with Crippen LogP contribution in [0.25, 0.3) is 20.7 Å². The van der Waals surface area contributed by atoms with E-state index in [1.807, 2.05) is 16.6 Å². The molecule has 1 aliphatic carbocycles. The first-order chi connectivity index (χ1) is 13.2. The highest BCUT2D eigenvalue weighted by molar-refractivity contribution is 7.22. The molecule has 4 nitrogen and oxygen atoms in total. The Hall–Kier alpha value is -2.40. The summed E-state index contributed by atoms with van der Waals surface area (Å²) in [7, 11) is 1.93. The number of thiophene rings is 1. The minimum Gasteiger partial charge on any atom is -0.312 e. The molecule has 3 heterocycles. The molecule has 27 heavy (non-hydrogen) atoms. The van der Waals surface area contributed by atoms with Gasteiger partial charge in [0.1, 0.15) is 0 Å². The van der Waals surface area contributed by atoms with Crippen LogP contribution in [0, 0.1) is 5.92 Å². The third-order valence-corrected chi connectivity index (χ3v) is 6.97. The lowest BCUT2D eigenvalue weighted by molar-refractivity contribution is 0.0749. The number of carbonyl (C=O) groups excluding carboxylic acids is 1. The molecule has 5 rings (SSSR count). The van der Waals surface area contributed by atoms with E-state index >= 15 is 0 Å². The maximum atomic E-state index is 13.5. The number of benzene rings is 1. The second-order valence-electron chi connectivity index (χ2n) is 7.53. The van der Waals surface area contributed by atoms with Crippen molar-refractivity contribution < 1.29 is 4.79 Å². The van der Waals surface area contributed by atoms with Crippen LogP contribution < -0.4 is 0 Å². The van der Waals surface area contributed by atoms with Crippen LogP contribution in [0.3, 0.4) is 0 Å². The number of likely N-dealkylation sites (tertiary alicyclic amines) is 1. The van der Waals surface area contributed by atoms with Gasteiger partial charge in [-0.2, -0.15) is 5.10 Å². The second kappa shape index (κ2) is 6.64. The van der Waals surface area contributed by atoms with E-state index in [0.29, 0.717) is 5.92 Å². The first-order valence-corrected chi connectivity index (χ1v) is 10.6. The molecule has 1 unspecified atom stereocenters. The molecule has 1 aliphatic heterocycles. The second-order valence-corrected chi connectivity index (χ2v) is 8.62. The van der Waals surface area contributed by atoms with Gasteiger partial charge in [-0.1, -0.05) is 24.3 Å². The first-order valence-electron chi connectivity index (χ1n) is 9.75. The number of aromatic nitrogens is 2. The van der Waals surface area contributed by atoms with E-state index in [1.165, 1.54) is 35.0 Å². The number of amides is 1. The van der Waals surface area contributed by atoms with Crippen molar-refractivity contribution in [1.82, 2.24) is 14.7 Å². The van der Waals surface area contributed by atoms with Crippen molar-refractivity contribution in [3.63, 3.8) is 0 Å². The molecule has 5 heteroatoms. The van der Waals surface area contributed by atoms with Gasteiger partial charge in [0, 0.05) is 24.0 Å². The maximum absolute atomic E-state index is 13.5. The van der Waals surface area contributed by atoms with E-state index < -0.39 is 0 Å². The largest absolute Gasteiger partial charge is 0.312 e. The quantitative estimate of drug-likeness (QED) is 0.614. The molecule has 0 radical (unpaired) electrons. The third kappa shape index (κ3) is 2.81. The van der Waals surface area contributed by atoms with Crippen molar-refractivity contribution in [3.05, 3.63) is 53.9 Å². The lowest BCUT2D eigenvalue weighted by atomic mass is 9.84. The first kappa shape index (κ1) is 16.8. The average Bonchev–Trinajstić information content (AvgIpc) is 3.30. The third-order valence-electron chi connectivity index (χ3n) is 5.85. The average molecular weight is 378 g/mol. The maximum Gasteiger partial charge on any atom is 0.261 e. The molecule has 1 aromatic carbocycles. The van der Waals surface area contributed by atoms with Crippen molar-refractivity contribution in [2.24, 2.45) is 13.0 Å². The standard InChI is InChI=1S/C22H23N3OS/c1-24-21(20-13-16-8-3-5-11-19(16)27-20)17(14-23-24)22(26)25-12-6-9-15-7-2-4-10-18(15)25/h3,5,8,10-11,13-15H,2,4,6-7,9,12H2,1H3. The molecule has 2 aliphatic rings. The summed E-state index contributed by atoms with van der Waals surface area (Å²) >= 11 is 1.72. The Balaban J connectivity index is 1.56. The fourth-order valence-corrected chi connectivity index (χ4v) is 5.68. The van der Waals surface area contributed by atoms with E-state index in [2.05, 4.69) is 41.5 Å². The fraction of sp³-hybridized carbons (Fsp3) is 0.364. The van der Waals surface area contributed by atoms with Gasteiger partial charge in [-0.05, 0) is 55.5 Å². The van der Waals surface area contributed by atoms with Gasteiger partial charge in [-0.25, -0.2) is 0 Å². The Morgan fingerprint density at radius 2 is 2.07 bits per heavy atom. The number of aryl methyl sites for hydroxylation is 1. The summed E-state index contributed by atoms with van der Waals surface area (Å²) in [5, 5.41) is 5.65. The molecule has 1 fully saturated rings. The highest BCUT2D eigenvalue weighted by atomic mass is 32.1. The summed E-state index contributed by atoms with van der Waals surface area (Å²) in [6.45, 7) is 0.821. The molecule has 1 atom stereocenters. The predicted octanol–water partition coefficient (Wildman–Crippen LogP) is 5.22. The topological polar surface area (TPSA) is 38.1 Å². The van der Waals surface area contributed by atoms with Crippen LogP contribution in [-0.4, -0.2) is 27.1 Å². The molecular formula is C22H23N3OS. The van der Waals surface area contributed by atoms with Crippen LogP contribution in [-0.2, 0) is 7.05 Å². The normalized spacial score (nSPS) is 19.8. The van der Waals surface area contributed by atoms with Crippen LogP contribution in [0.15, 0.2) is 48.3 Å². The van der Waals surface area contributed by atoms with Gasteiger partial charge in [0.15, 0.2) is 0 Å². The number of piperidine rings is 1. The Morgan fingerprint density at radius 1 is 1.22 bits per heavy atom. The zero-order valence-electron chi connectivity index (χ0n) is 15.5. The summed E-state index contributed by atoms with van der Waals surface area (Å²) in [6, 6.07) is 10.5. The summed E-state index contributed by atoms with van der Waals surface area (Å²) in [5.74, 6) is 0.661. The zero-order chi connectivity index (χ0) is 18.4. The number of nitrogens with zero attached hydrogens (tertiary/aromatic N) is 3. The van der Waals surface area contributed by atoms with E-state index in [1.54, 1.807) is 17.5 Å². The van der Waals surface area contributed by atoms with Crippen molar-refractivity contribution in [2.45, 2.75) is 32.1 Å². The lowest BCUT2D eigenvalue weighted by Gasteiger charge is -2.38. The molecule has 1 saturated heterocycles. The summed E-state index contributed by atoms with van der Waals surface area (Å²) in [5.41, 5.74) is 2.90. The van der Waals surface area contributed by atoms with Crippen LogP contribution in [0.1, 0.15) is 42.5 Å². The minimum absolute atomic E-state index is 0.105. The van der Waals surface area contributed by atoms with Crippen LogP contribution in [0.2, 0.25) is 0 Å². The van der Waals surface area contributed by atoms with Gasteiger partial charge in [-0.3, -0.25) is 9.48 Å². The molecule has 0 spiro atoms. The van der Waals surface area contributed by atoms with Crippen molar-refractivity contribution in [3.8, 4) is 10.6 Å². The monoisotopic (exact) mass is 377 g/mol. The van der Waals surface area contributed by atoms with Gasteiger partial charge in [-0.15, -0.1) is 11.3 Å². The van der Waals surface area contributed by atoms with Crippen molar-refractivity contribution >= 4 is 27.3 Å². The van der Waals surface area contributed by atoms with Gasteiger partial charge in [0.25, 0.3) is 5.91 Å². The van der Waals surface area contributed by atoms with Crippen LogP contribution in [0.4, 0.5) is 0 Å². The molecule has 0 saturated carbocycles. The Kier molecular flexibility index (Phi) is 4.12. The molecule has 0 bridgehead atoms. The SMILES string of the molecule is Cn1ncc(C(=O)N2CCCC3CCCC=C32)c1-c1cc2ccccc2s1. The Labute approximate surface area is 163 Å². The number of fused-ring (bicyclic) bond motifs is 2. The van der Waals surface area contributed by atoms with Crippen LogP contribution in [0.5, 0.6) is 0 Å². The van der Waals surface area contributed by atoms with Gasteiger partial charge >= 0.3 is 0 Å². The summed E-state index contributed by atoms with van der Waals surface area (Å²) in [4.78, 5) is 16.6. The van der Waals surface area contributed by atoms with Gasteiger partial charge in [0.05, 0.1) is 22.3 Å². The number of rotatable bonds is 2. The fourth-order valence-electron chi connectivity index (χ4n) is 4.53. The number of carbonyl (C=O) groups is 1. The summed E-state index contributed by atoms with van der Waals surface area (Å²) in [6.07, 6.45) is 9.89. The zero-order valence-corrected chi connectivity index (χ0v) is 16.3. The van der Waals surface area contributed by atoms with Crippen LogP contribution >= 0.6 is 11.3 Å². The van der Waals surface area contributed by atoms with E-state index in [-0.39, 0.29) is 5.91 Å². The smallest absolute Gasteiger partial charge is 0.261 e. The molecule has 2 aromatic heterocycles. The van der Waals surface area contributed by atoms with Crippen molar-refractivity contribution in [2.75, 3.05) is 6.54 Å². The minimum atomic E-state index is 0.105. The Bertz CT molecular complexity index is 1010. The lowest BCUT2D eigenvalue weighted by Crippen LogP contribution is -2.39. The molecular weight excluding hydrogens is 354 g/mol. The van der Waals surface area contributed by atoms with E-state index in [9.17, 15) is 4.79 Å². The van der Waals surface area contributed by atoms with E-state index in [4.69, 9.17) is 0 Å². The Morgan fingerprint density at radius 3 is 2.96 bits per heavy atom.